The Hall–Kier alpha value is -3.97. The third kappa shape index (κ3) is 3.78. The number of carbonyl (C=O) groups excluding carboxylic acids is 1. The monoisotopic (exact) mass is 411 g/mol. The van der Waals surface area contributed by atoms with E-state index in [2.05, 4.69) is 20.6 Å². The molecule has 3 aromatic carbocycles. The number of aromatic nitrogens is 3. The molecular weight excluding hydrogens is 394 g/mol. The second-order valence-electron chi connectivity index (χ2n) is 6.66. The van der Waals surface area contributed by atoms with Crippen molar-refractivity contribution in [2.75, 3.05) is 10.6 Å². The average Bonchev–Trinajstić information content (AvgIpc) is 3.44. The molecule has 30 heavy (non-hydrogen) atoms. The zero-order valence-corrected chi connectivity index (χ0v) is 16.6. The SMILES string of the molecule is O=C(Nc1ccccc1)c1ccc2nc(Nc3ccc(-n4ccnc4)cc3)sc2c1. The van der Waals surface area contributed by atoms with Gasteiger partial charge >= 0.3 is 0 Å². The van der Waals surface area contributed by atoms with Crippen molar-refractivity contribution in [1.29, 1.82) is 0 Å². The molecule has 0 spiro atoms. The van der Waals surface area contributed by atoms with Crippen LogP contribution in [-0.2, 0) is 0 Å². The van der Waals surface area contributed by atoms with E-state index < -0.39 is 0 Å². The standard InChI is InChI=1S/C23H17N5OS/c29-22(25-17-4-2-1-3-5-17)16-6-11-20-21(14-16)30-23(27-20)26-18-7-9-19(10-8-18)28-13-12-24-15-28/h1-15H,(H,25,29)(H,26,27). The number of amides is 1. The number of nitrogens with one attached hydrogen (secondary N) is 2. The van der Waals surface area contributed by atoms with Gasteiger partial charge in [-0.1, -0.05) is 29.5 Å². The van der Waals surface area contributed by atoms with Crippen LogP contribution in [0.3, 0.4) is 0 Å². The zero-order chi connectivity index (χ0) is 20.3. The molecule has 0 bridgehead atoms. The second kappa shape index (κ2) is 7.81. The Morgan fingerprint density at radius 1 is 0.933 bits per heavy atom. The van der Waals surface area contributed by atoms with E-state index in [0.717, 1.165) is 32.4 Å². The van der Waals surface area contributed by atoms with Crippen LogP contribution < -0.4 is 10.6 Å². The van der Waals surface area contributed by atoms with Crippen molar-refractivity contribution in [3.05, 3.63) is 97.1 Å². The lowest BCUT2D eigenvalue weighted by atomic mass is 10.2. The molecule has 0 atom stereocenters. The summed E-state index contributed by atoms with van der Waals surface area (Å²) in [7, 11) is 0. The van der Waals surface area contributed by atoms with Gasteiger partial charge in [0, 0.05) is 35.0 Å². The smallest absolute Gasteiger partial charge is 0.255 e. The van der Waals surface area contributed by atoms with E-state index >= 15 is 0 Å². The maximum absolute atomic E-state index is 12.5. The summed E-state index contributed by atoms with van der Waals surface area (Å²) in [6, 6.07) is 23.0. The van der Waals surface area contributed by atoms with Crippen molar-refractivity contribution >= 4 is 44.0 Å². The van der Waals surface area contributed by atoms with Crippen LogP contribution in [0.15, 0.2) is 91.5 Å². The van der Waals surface area contributed by atoms with Crippen LogP contribution in [0, 0.1) is 0 Å². The highest BCUT2D eigenvalue weighted by atomic mass is 32.1. The summed E-state index contributed by atoms with van der Waals surface area (Å²) in [6.07, 6.45) is 5.42. The number of nitrogens with zero attached hydrogens (tertiary/aromatic N) is 3. The first-order chi connectivity index (χ1) is 14.7. The highest BCUT2D eigenvalue weighted by molar-refractivity contribution is 7.22. The Bertz CT molecular complexity index is 1290. The molecule has 7 heteroatoms. The number of hydrogen-bond acceptors (Lipinski definition) is 5. The van der Waals surface area contributed by atoms with Gasteiger partial charge in [-0.3, -0.25) is 4.79 Å². The topological polar surface area (TPSA) is 71.8 Å². The number of thiazole rings is 1. The first-order valence-electron chi connectivity index (χ1n) is 9.37. The van der Waals surface area contributed by atoms with Crippen molar-refractivity contribution in [3.63, 3.8) is 0 Å². The van der Waals surface area contributed by atoms with Gasteiger partial charge in [0.15, 0.2) is 5.13 Å². The van der Waals surface area contributed by atoms with Crippen LogP contribution in [0.4, 0.5) is 16.5 Å². The van der Waals surface area contributed by atoms with Gasteiger partial charge in [0.1, 0.15) is 0 Å². The van der Waals surface area contributed by atoms with Crippen LogP contribution in [0.25, 0.3) is 15.9 Å². The van der Waals surface area contributed by atoms with Gasteiger partial charge in [-0.25, -0.2) is 9.97 Å². The Kier molecular flexibility index (Phi) is 4.71. The molecule has 5 aromatic rings. The summed E-state index contributed by atoms with van der Waals surface area (Å²) >= 11 is 1.51. The number of fused-ring (bicyclic) bond motifs is 1. The predicted octanol–water partition coefficient (Wildman–Crippen LogP) is 5.48. The molecule has 0 aliphatic carbocycles. The molecule has 0 aliphatic heterocycles. The van der Waals surface area contributed by atoms with E-state index in [4.69, 9.17) is 0 Å². The average molecular weight is 411 g/mol. The van der Waals surface area contributed by atoms with E-state index in [1.165, 1.54) is 11.3 Å². The van der Waals surface area contributed by atoms with Crippen LogP contribution in [0.2, 0.25) is 0 Å². The van der Waals surface area contributed by atoms with Gasteiger partial charge in [-0.05, 0) is 54.6 Å². The van der Waals surface area contributed by atoms with E-state index in [-0.39, 0.29) is 5.91 Å². The number of hydrogen-bond donors (Lipinski definition) is 2. The molecule has 0 fully saturated rings. The molecule has 146 valence electrons. The van der Waals surface area contributed by atoms with Crippen molar-refractivity contribution < 1.29 is 4.79 Å². The predicted molar refractivity (Wildman–Crippen MR) is 121 cm³/mol. The quantitative estimate of drug-likeness (QED) is 0.402. The maximum atomic E-state index is 12.5. The van der Waals surface area contributed by atoms with Crippen molar-refractivity contribution in [2.24, 2.45) is 0 Å². The molecule has 2 heterocycles. The van der Waals surface area contributed by atoms with Crippen LogP contribution in [0.1, 0.15) is 10.4 Å². The molecule has 0 saturated heterocycles. The number of rotatable bonds is 5. The molecule has 6 nitrogen and oxygen atoms in total. The molecular formula is C23H17N5OS. The van der Waals surface area contributed by atoms with E-state index in [9.17, 15) is 4.79 Å². The number of carbonyl (C=O) groups is 1. The highest BCUT2D eigenvalue weighted by Gasteiger charge is 2.10. The molecule has 1 amide bonds. The van der Waals surface area contributed by atoms with E-state index in [1.807, 2.05) is 77.5 Å². The highest BCUT2D eigenvalue weighted by Crippen LogP contribution is 2.29. The summed E-state index contributed by atoms with van der Waals surface area (Å²) in [5, 5.41) is 7.02. The van der Waals surface area contributed by atoms with Crippen LogP contribution in [0.5, 0.6) is 0 Å². The van der Waals surface area contributed by atoms with Gasteiger partial charge in [0.05, 0.1) is 16.5 Å². The molecule has 0 radical (unpaired) electrons. The fourth-order valence-corrected chi connectivity index (χ4v) is 4.02. The van der Waals surface area contributed by atoms with E-state index in [0.29, 0.717) is 5.56 Å². The van der Waals surface area contributed by atoms with Gasteiger partial charge in [-0.2, -0.15) is 0 Å². The molecule has 2 aromatic heterocycles. The minimum Gasteiger partial charge on any atom is -0.332 e. The zero-order valence-electron chi connectivity index (χ0n) is 15.8. The fraction of sp³-hybridized carbons (Fsp3) is 0. The maximum Gasteiger partial charge on any atom is 0.255 e. The van der Waals surface area contributed by atoms with E-state index in [1.54, 1.807) is 18.6 Å². The number of imidazole rings is 1. The van der Waals surface area contributed by atoms with Crippen molar-refractivity contribution in [1.82, 2.24) is 14.5 Å². The van der Waals surface area contributed by atoms with Gasteiger partial charge in [0.25, 0.3) is 5.91 Å². The lowest BCUT2D eigenvalue weighted by molar-refractivity contribution is 0.102. The largest absolute Gasteiger partial charge is 0.332 e. The fourth-order valence-electron chi connectivity index (χ4n) is 3.10. The Labute approximate surface area is 176 Å². The number of benzene rings is 3. The van der Waals surface area contributed by atoms with Crippen molar-refractivity contribution in [2.45, 2.75) is 0 Å². The lowest BCUT2D eigenvalue weighted by Gasteiger charge is -2.05. The second-order valence-corrected chi connectivity index (χ2v) is 7.69. The third-order valence-corrected chi connectivity index (χ3v) is 5.54. The Balaban J connectivity index is 1.33. The summed E-state index contributed by atoms with van der Waals surface area (Å²) in [6.45, 7) is 0. The molecule has 2 N–H and O–H groups in total. The van der Waals surface area contributed by atoms with Crippen molar-refractivity contribution in [3.8, 4) is 5.69 Å². The Morgan fingerprint density at radius 3 is 2.53 bits per heavy atom. The van der Waals surface area contributed by atoms with Gasteiger partial charge in [0.2, 0.25) is 0 Å². The van der Waals surface area contributed by atoms with Gasteiger partial charge < -0.3 is 15.2 Å². The van der Waals surface area contributed by atoms with Gasteiger partial charge in [-0.15, -0.1) is 0 Å². The van der Waals surface area contributed by atoms with Crippen LogP contribution in [-0.4, -0.2) is 20.4 Å². The number of para-hydroxylation sites is 1. The normalized spacial score (nSPS) is 10.8. The summed E-state index contributed by atoms with van der Waals surface area (Å²) < 4.78 is 2.90. The minimum atomic E-state index is -0.138. The minimum absolute atomic E-state index is 0.138. The molecule has 5 rings (SSSR count). The third-order valence-electron chi connectivity index (χ3n) is 4.60. The van der Waals surface area contributed by atoms with Crippen LogP contribution >= 0.6 is 11.3 Å². The Morgan fingerprint density at radius 2 is 1.77 bits per heavy atom. The molecule has 0 saturated carbocycles. The molecule has 0 unspecified atom stereocenters. The number of anilines is 3. The first kappa shape index (κ1) is 18.1. The summed E-state index contributed by atoms with van der Waals surface area (Å²) in [5.41, 5.74) is 4.21. The first-order valence-corrected chi connectivity index (χ1v) is 10.2. The summed E-state index contributed by atoms with van der Waals surface area (Å²) in [5.74, 6) is -0.138. The summed E-state index contributed by atoms with van der Waals surface area (Å²) in [4.78, 5) is 21.2. The molecule has 0 aliphatic rings. The lowest BCUT2D eigenvalue weighted by Crippen LogP contribution is -2.11.